The lowest BCUT2D eigenvalue weighted by molar-refractivity contribution is 0.581. The van der Waals surface area contributed by atoms with E-state index in [2.05, 4.69) is 9.71 Å². The van der Waals surface area contributed by atoms with Gasteiger partial charge in [0.15, 0.2) is 0 Å². The number of benzene rings is 1. The Morgan fingerprint density at radius 3 is 2.90 bits per heavy atom. The first-order valence-electron chi connectivity index (χ1n) is 5.69. The first kappa shape index (κ1) is 14.5. The van der Waals surface area contributed by atoms with Gasteiger partial charge in [0.05, 0.1) is 21.7 Å². The third kappa shape index (κ3) is 3.33. The predicted octanol–water partition coefficient (Wildman–Crippen LogP) is 1.12. The van der Waals surface area contributed by atoms with Crippen LogP contribution in [0, 0.1) is 11.3 Å². The third-order valence-electron chi connectivity index (χ3n) is 2.57. The summed E-state index contributed by atoms with van der Waals surface area (Å²) >= 11 is 1.46. The van der Waals surface area contributed by atoms with Crippen LogP contribution in [0.4, 0.5) is 5.69 Å². The molecule has 8 heteroatoms. The normalized spacial score (nSPS) is 11.2. The number of nitrogens with two attached hydrogens (primary N) is 1. The molecule has 0 saturated heterocycles. The number of anilines is 1. The number of nitriles is 1. The van der Waals surface area contributed by atoms with Crippen LogP contribution in [0.25, 0.3) is 0 Å². The van der Waals surface area contributed by atoms with Crippen molar-refractivity contribution in [3.8, 4) is 6.07 Å². The molecule has 0 unspecified atom stereocenters. The van der Waals surface area contributed by atoms with E-state index in [1.165, 1.54) is 29.5 Å². The van der Waals surface area contributed by atoms with Crippen LogP contribution < -0.4 is 10.5 Å². The first-order valence-corrected chi connectivity index (χ1v) is 8.12. The lowest BCUT2D eigenvalue weighted by atomic mass is 10.2. The van der Waals surface area contributed by atoms with Gasteiger partial charge in [0.2, 0.25) is 10.0 Å². The van der Waals surface area contributed by atoms with E-state index in [1.807, 2.05) is 11.4 Å². The maximum Gasteiger partial charge on any atom is 0.241 e. The highest BCUT2D eigenvalue weighted by Crippen LogP contribution is 2.17. The first-order chi connectivity index (χ1) is 9.53. The van der Waals surface area contributed by atoms with Gasteiger partial charge in [-0.3, -0.25) is 0 Å². The molecule has 0 spiro atoms. The predicted molar refractivity (Wildman–Crippen MR) is 76.6 cm³/mol. The number of thiazole rings is 1. The average molecular weight is 308 g/mol. The molecule has 20 heavy (non-hydrogen) atoms. The van der Waals surface area contributed by atoms with Crippen LogP contribution in [-0.2, 0) is 16.4 Å². The average Bonchev–Trinajstić information content (AvgIpc) is 2.91. The van der Waals surface area contributed by atoms with E-state index >= 15 is 0 Å². The monoisotopic (exact) mass is 308 g/mol. The largest absolute Gasteiger partial charge is 0.399 e. The van der Waals surface area contributed by atoms with E-state index in [9.17, 15) is 8.42 Å². The van der Waals surface area contributed by atoms with Crippen molar-refractivity contribution in [2.45, 2.75) is 11.3 Å². The summed E-state index contributed by atoms with van der Waals surface area (Å²) in [7, 11) is -3.73. The number of aromatic nitrogens is 1. The van der Waals surface area contributed by atoms with Crippen LogP contribution in [0.15, 0.2) is 34.0 Å². The SMILES string of the molecule is N#Cc1cc(N)ccc1S(=O)(=O)NCCc1cscn1. The van der Waals surface area contributed by atoms with Crippen molar-refractivity contribution in [1.82, 2.24) is 9.71 Å². The zero-order chi connectivity index (χ0) is 14.6. The topological polar surface area (TPSA) is 109 Å². The van der Waals surface area contributed by atoms with E-state index in [-0.39, 0.29) is 17.0 Å². The summed E-state index contributed by atoms with van der Waals surface area (Å²) in [5.41, 5.74) is 8.44. The van der Waals surface area contributed by atoms with Gasteiger partial charge in [0.1, 0.15) is 6.07 Å². The van der Waals surface area contributed by atoms with E-state index in [1.54, 1.807) is 5.51 Å². The highest BCUT2D eigenvalue weighted by molar-refractivity contribution is 7.89. The minimum absolute atomic E-state index is 0.0335. The van der Waals surface area contributed by atoms with E-state index in [0.29, 0.717) is 12.1 Å². The highest BCUT2D eigenvalue weighted by atomic mass is 32.2. The van der Waals surface area contributed by atoms with E-state index in [0.717, 1.165) is 5.69 Å². The molecule has 1 aromatic carbocycles. The molecule has 1 heterocycles. The quantitative estimate of drug-likeness (QED) is 0.804. The van der Waals surface area contributed by atoms with E-state index in [4.69, 9.17) is 11.0 Å². The smallest absolute Gasteiger partial charge is 0.241 e. The summed E-state index contributed by atoms with van der Waals surface area (Å²) in [6.07, 6.45) is 0.500. The Bertz CT molecular complexity index is 733. The van der Waals surface area contributed by atoms with Gasteiger partial charge in [-0.15, -0.1) is 11.3 Å². The molecule has 1 aromatic heterocycles. The van der Waals surface area contributed by atoms with Gasteiger partial charge in [-0.2, -0.15) is 5.26 Å². The maximum atomic E-state index is 12.1. The summed E-state index contributed by atoms with van der Waals surface area (Å²) < 4.78 is 26.7. The molecule has 0 aliphatic carbocycles. The second-order valence-electron chi connectivity index (χ2n) is 3.99. The summed E-state index contributed by atoms with van der Waals surface area (Å²) in [6, 6.07) is 5.97. The van der Waals surface area contributed by atoms with Crippen molar-refractivity contribution >= 4 is 27.0 Å². The second-order valence-corrected chi connectivity index (χ2v) is 6.45. The number of nitrogens with one attached hydrogen (secondary N) is 1. The van der Waals surface area contributed by atoms with Crippen molar-refractivity contribution in [2.75, 3.05) is 12.3 Å². The number of sulfonamides is 1. The molecule has 0 bridgehead atoms. The maximum absolute atomic E-state index is 12.1. The number of nitrogen functional groups attached to an aromatic ring is 1. The Balaban J connectivity index is 2.12. The lowest BCUT2D eigenvalue weighted by Crippen LogP contribution is -2.26. The van der Waals surface area contributed by atoms with Crippen LogP contribution in [0.2, 0.25) is 0 Å². The van der Waals surface area contributed by atoms with Gasteiger partial charge in [0.25, 0.3) is 0 Å². The Morgan fingerprint density at radius 1 is 1.45 bits per heavy atom. The van der Waals surface area contributed by atoms with Crippen molar-refractivity contribution in [3.05, 3.63) is 40.3 Å². The van der Waals surface area contributed by atoms with E-state index < -0.39 is 10.0 Å². The van der Waals surface area contributed by atoms with Gasteiger partial charge < -0.3 is 5.73 Å². The molecule has 2 rings (SSSR count). The van der Waals surface area contributed by atoms with Crippen LogP contribution in [-0.4, -0.2) is 19.9 Å². The molecule has 0 atom stereocenters. The summed E-state index contributed by atoms with van der Waals surface area (Å²) in [4.78, 5) is 4.01. The lowest BCUT2D eigenvalue weighted by Gasteiger charge is -2.08. The third-order valence-corrected chi connectivity index (χ3v) is 4.72. The Morgan fingerprint density at radius 2 is 2.25 bits per heavy atom. The molecule has 3 N–H and O–H groups in total. The second kappa shape index (κ2) is 6.00. The van der Waals surface area contributed by atoms with Gasteiger partial charge in [-0.05, 0) is 18.2 Å². The number of hydrogen-bond donors (Lipinski definition) is 2. The molecule has 0 aliphatic heterocycles. The van der Waals surface area contributed by atoms with Gasteiger partial charge in [0, 0.05) is 24.0 Å². The highest BCUT2D eigenvalue weighted by Gasteiger charge is 2.18. The number of hydrogen-bond acceptors (Lipinski definition) is 6. The Labute approximate surface area is 120 Å². The summed E-state index contributed by atoms with van der Waals surface area (Å²) in [6.45, 7) is 0.224. The standard InChI is InChI=1S/C12H12N4O2S2/c13-6-9-5-10(14)1-2-12(9)20(17,18)16-4-3-11-7-19-8-15-11/h1-2,5,7-8,16H,3-4,14H2. The number of rotatable bonds is 5. The molecule has 6 nitrogen and oxygen atoms in total. The molecule has 0 aliphatic rings. The minimum Gasteiger partial charge on any atom is -0.399 e. The van der Waals surface area contributed by atoms with Crippen LogP contribution >= 0.6 is 11.3 Å². The van der Waals surface area contributed by atoms with Gasteiger partial charge >= 0.3 is 0 Å². The molecule has 0 radical (unpaired) electrons. The molecular weight excluding hydrogens is 296 g/mol. The van der Waals surface area contributed by atoms with Crippen molar-refractivity contribution < 1.29 is 8.42 Å². The Kier molecular flexibility index (Phi) is 4.34. The van der Waals surface area contributed by atoms with Gasteiger partial charge in [-0.25, -0.2) is 18.1 Å². The minimum atomic E-state index is -3.73. The molecule has 2 aromatic rings. The van der Waals surface area contributed by atoms with Crippen LogP contribution in [0.1, 0.15) is 11.3 Å². The molecule has 0 saturated carbocycles. The van der Waals surface area contributed by atoms with Gasteiger partial charge in [-0.1, -0.05) is 0 Å². The molecule has 0 amide bonds. The molecule has 0 fully saturated rings. The Hall–Kier alpha value is -1.95. The van der Waals surface area contributed by atoms with Crippen molar-refractivity contribution in [3.63, 3.8) is 0 Å². The molecule has 104 valence electrons. The summed E-state index contributed by atoms with van der Waals surface area (Å²) in [5.74, 6) is 0. The van der Waals surface area contributed by atoms with Crippen molar-refractivity contribution in [1.29, 1.82) is 5.26 Å². The molecular formula is C12H12N4O2S2. The zero-order valence-electron chi connectivity index (χ0n) is 10.4. The zero-order valence-corrected chi connectivity index (χ0v) is 12.0. The fourth-order valence-electron chi connectivity index (χ4n) is 1.62. The van der Waals surface area contributed by atoms with Crippen LogP contribution in [0.5, 0.6) is 0 Å². The number of nitrogens with zero attached hydrogens (tertiary/aromatic N) is 2. The van der Waals surface area contributed by atoms with Crippen molar-refractivity contribution in [2.24, 2.45) is 0 Å². The van der Waals surface area contributed by atoms with Crippen LogP contribution in [0.3, 0.4) is 0 Å². The fourth-order valence-corrected chi connectivity index (χ4v) is 3.38. The summed E-state index contributed by atoms with van der Waals surface area (Å²) in [5, 5.41) is 10.8. The fraction of sp³-hybridized carbons (Fsp3) is 0.167.